The van der Waals surface area contributed by atoms with Gasteiger partial charge in [-0.15, -0.1) is 0 Å². The van der Waals surface area contributed by atoms with Gasteiger partial charge >= 0.3 is 0 Å². The fourth-order valence-corrected chi connectivity index (χ4v) is 2.51. The second-order valence-corrected chi connectivity index (χ2v) is 5.12. The molecule has 112 valence electrons. The van der Waals surface area contributed by atoms with Crippen LogP contribution >= 0.6 is 0 Å². The first kappa shape index (κ1) is 14.0. The molecule has 0 spiro atoms. The number of nitrogens with zero attached hydrogens (tertiary/aromatic N) is 4. The minimum absolute atomic E-state index is 0.0901. The SMILES string of the molecule is CN1C[C@H](O)C[C@H]1c1nc(-c2cccc(N([O-])O)c2)no1. The van der Waals surface area contributed by atoms with Crippen molar-refractivity contribution in [3.8, 4) is 11.4 Å². The summed E-state index contributed by atoms with van der Waals surface area (Å²) in [5.74, 6) is 0.765. The zero-order valence-electron chi connectivity index (χ0n) is 11.4. The van der Waals surface area contributed by atoms with Crippen LogP contribution in [0.1, 0.15) is 18.4 Å². The van der Waals surface area contributed by atoms with Gasteiger partial charge in [-0.25, -0.2) is 0 Å². The molecule has 1 aliphatic rings. The lowest BCUT2D eigenvalue weighted by atomic mass is 10.2. The Kier molecular flexibility index (Phi) is 3.60. The van der Waals surface area contributed by atoms with Crippen molar-refractivity contribution in [1.29, 1.82) is 0 Å². The Morgan fingerprint density at radius 2 is 2.29 bits per heavy atom. The third kappa shape index (κ3) is 2.74. The van der Waals surface area contributed by atoms with E-state index in [1.807, 2.05) is 11.9 Å². The van der Waals surface area contributed by atoms with Crippen LogP contribution in [0.15, 0.2) is 28.8 Å². The number of aliphatic hydroxyl groups excluding tert-OH is 1. The maximum absolute atomic E-state index is 10.9. The summed E-state index contributed by atoms with van der Waals surface area (Å²) in [7, 11) is 1.88. The van der Waals surface area contributed by atoms with Gasteiger partial charge in [0.05, 0.1) is 17.8 Å². The second-order valence-electron chi connectivity index (χ2n) is 5.12. The minimum atomic E-state index is -0.401. The fourth-order valence-electron chi connectivity index (χ4n) is 2.51. The number of hydrogen-bond acceptors (Lipinski definition) is 8. The van der Waals surface area contributed by atoms with Gasteiger partial charge in [-0.2, -0.15) is 4.98 Å². The summed E-state index contributed by atoms with van der Waals surface area (Å²) in [6, 6.07) is 6.16. The molecule has 0 aliphatic carbocycles. The van der Waals surface area contributed by atoms with Gasteiger partial charge in [-0.3, -0.25) is 10.1 Å². The van der Waals surface area contributed by atoms with Crippen LogP contribution in [-0.4, -0.2) is 45.1 Å². The molecular weight excluding hydrogens is 276 g/mol. The summed E-state index contributed by atoms with van der Waals surface area (Å²) in [6.07, 6.45) is 0.144. The van der Waals surface area contributed by atoms with E-state index in [4.69, 9.17) is 9.73 Å². The number of benzene rings is 1. The Hall–Kier alpha value is -2.00. The minimum Gasteiger partial charge on any atom is -0.733 e. The number of anilines is 1. The lowest BCUT2D eigenvalue weighted by Crippen LogP contribution is -2.19. The van der Waals surface area contributed by atoms with Crippen molar-refractivity contribution < 1.29 is 14.8 Å². The molecule has 1 aliphatic heterocycles. The standard InChI is InChI=1S/C13H15N4O4/c1-16-7-10(18)6-11(16)13-14-12(15-21-13)8-3-2-4-9(5-8)17(19)20/h2-5,10-11,18-19H,6-7H2,1H3/q-1/t10-,11+/m1/s1. The second kappa shape index (κ2) is 5.41. The monoisotopic (exact) mass is 291 g/mol. The van der Waals surface area contributed by atoms with Gasteiger partial charge < -0.3 is 20.1 Å². The maximum atomic E-state index is 10.9. The van der Waals surface area contributed by atoms with Crippen molar-refractivity contribution in [2.24, 2.45) is 0 Å². The Balaban J connectivity index is 1.86. The zero-order valence-corrected chi connectivity index (χ0v) is 11.4. The van der Waals surface area contributed by atoms with Crippen LogP contribution in [0.2, 0.25) is 0 Å². The van der Waals surface area contributed by atoms with E-state index < -0.39 is 6.10 Å². The number of likely N-dealkylation sites (N-methyl/N-ethyl adjacent to an activating group) is 1. The molecule has 8 nitrogen and oxygen atoms in total. The van der Waals surface area contributed by atoms with Crippen molar-refractivity contribution in [3.05, 3.63) is 35.4 Å². The van der Waals surface area contributed by atoms with E-state index in [0.29, 0.717) is 30.2 Å². The van der Waals surface area contributed by atoms with Gasteiger partial charge in [0.1, 0.15) is 0 Å². The topological polar surface area (TPSA) is 109 Å². The van der Waals surface area contributed by atoms with Crippen molar-refractivity contribution in [2.75, 3.05) is 18.8 Å². The van der Waals surface area contributed by atoms with Crippen LogP contribution < -0.4 is 5.23 Å². The van der Waals surface area contributed by atoms with Crippen LogP contribution in [-0.2, 0) is 0 Å². The van der Waals surface area contributed by atoms with Crippen molar-refractivity contribution in [3.63, 3.8) is 0 Å². The third-order valence-electron chi connectivity index (χ3n) is 3.58. The van der Waals surface area contributed by atoms with Gasteiger partial charge in [0.2, 0.25) is 11.7 Å². The van der Waals surface area contributed by atoms with E-state index in [0.717, 1.165) is 0 Å². The molecule has 0 bridgehead atoms. The van der Waals surface area contributed by atoms with Gasteiger partial charge in [0.25, 0.3) is 0 Å². The third-order valence-corrected chi connectivity index (χ3v) is 3.58. The van der Waals surface area contributed by atoms with E-state index in [-0.39, 0.29) is 17.0 Å². The molecule has 1 aromatic heterocycles. The van der Waals surface area contributed by atoms with Gasteiger partial charge in [0.15, 0.2) is 0 Å². The number of aromatic nitrogens is 2. The maximum Gasteiger partial charge on any atom is 0.244 e. The van der Waals surface area contributed by atoms with E-state index in [2.05, 4.69) is 10.1 Å². The molecule has 1 aromatic carbocycles. The Morgan fingerprint density at radius 3 is 2.95 bits per heavy atom. The molecule has 0 unspecified atom stereocenters. The van der Waals surface area contributed by atoms with Crippen molar-refractivity contribution in [2.45, 2.75) is 18.6 Å². The van der Waals surface area contributed by atoms with E-state index in [1.165, 1.54) is 12.1 Å². The summed E-state index contributed by atoms with van der Waals surface area (Å²) >= 11 is 0. The van der Waals surface area contributed by atoms with E-state index in [1.54, 1.807) is 12.1 Å². The number of likely N-dealkylation sites (tertiary alicyclic amines) is 1. The van der Waals surface area contributed by atoms with Crippen LogP contribution in [0, 0.1) is 5.21 Å². The molecule has 3 rings (SSSR count). The first-order chi connectivity index (χ1) is 10.0. The zero-order chi connectivity index (χ0) is 15.0. The summed E-state index contributed by atoms with van der Waals surface area (Å²) in [6.45, 7) is 0.563. The van der Waals surface area contributed by atoms with Crippen LogP contribution in [0.3, 0.4) is 0 Å². The molecule has 21 heavy (non-hydrogen) atoms. The average Bonchev–Trinajstić information content (AvgIpc) is 3.05. The van der Waals surface area contributed by atoms with Gasteiger partial charge in [-0.05, 0) is 25.6 Å². The lowest BCUT2D eigenvalue weighted by Gasteiger charge is -2.21. The first-order valence-electron chi connectivity index (χ1n) is 6.53. The predicted octanol–water partition coefficient (Wildman–Crippen LogP) is 1.17. The van der Waals surface area contributed by atoms with E-state index >= 15 is 0 Å². The molecule has 2 atom stereocenters. The highest BCUT2D eigenvalue weighted by Crippen LogP contribution is 2.31. The molecule has 2 aromatic rings. The quantitative estimate of drug-likeness (QED) is 0.811. The van der Waals surface area contributed by atoms with Crippen molar-refractivity contribution in [1.82, 2.24) is 15.0 Å². The smallest absolute Gasteiger partial charge is 0.244 e. The predicted molar refractivity (Wildman–Crippen MR) is 73.4 cm³/mol. The largest absolute Gasteiger partial charge is 0.733 e. The van der Waals surface area contributed by atoms with Crippen LogP contribution in [0.25, 0.3) is 11.4 Å². The highest BCUT2D eigenvalue weighted by molar-refractivity contribution is 5.62. The van der Waals surface area contributed by atoms with Crippen molar-refractivity contribution >= 4 is 5.69 Å². The van der Waals surface area contributed by atoms with Gasteiger partial charge in [-0.1, -0.05) is 17.3 Å². The molecule has 0 saturated carbocycles. The Labute approximate surface area is 120 Å². The summed E-state index contributed by atoms with van der Waals surface area (Å²) in [5.41, 5.74) is 0.658. The van der Waals surface area contributed by atoms with Crippen LogP contribution in [0.5, 0.6) is 0 Å². The Morgan fingerprint density at radius 1 is 1.48 bits per heavy atom. The number of hydrogen-bond donors (Lipinski definition) is 2. The van der Waals surface area contributed by atoms with Crippen LogP contribution in [0.4, 0.5) is 5.69 Å². The summed E-state index contributed by atoms with van der Waals surface area (Å²) in [4.78, 5) is 6.26. The molecule has 2 N–H and O–H groups in total. The molecule has 2 heterocycles. The highest BCUT2D eigenvalue weighted by atomic mass is 16.8. The number of β-amino-alcohol motifs (C(OH)–C–C–N with tert-alkyl or cyclic N) is 1. The molecule has 0 radical (unpaired) electrons. The van der Waals surface area contributed by atoms with E-state index in [9.17, 15) is 10.3 Å². The average molecular weight is 291 g/mol. The molecular formula is C13H15N4O4-. The van der Waals surface area contributed by atoms with Gasteiger partial charge in [0, 0.05) is 12.1 Å². The Bertz CT molecular complexity index is 630. The lowest BCUT2D eigenvalue weighted by molar-refractivity contribution is 0.182. The highest BCUT2D eigenvalue weighted by Gasteiger charge is 2.33. The number of rotatable bonds is 3. The molecule has 1 saturated heterocycles. The first-order valence-corrected chi connectivity index (χ1v) is 6.53. The fraction of sp³-hybridized carbons (Fsp3) is 0.385. The molecule has 8 heteroatoms. The molecule has 1 fully saturated rings. The number of aliphatic hydroxyl groups is 1. The normalized spacial score (nSPS) is 22.7. The summed E-state index contributed by atoms with van der Waals surface area (Å²) in [5, 5.41) is 33.1. The molecule has 0 amide bonds. The summed E-state index contributed by atoms with van der Waals surface area (Å²) < 4.78 is 5.25.